The molecule has 4 nitrogen and oxygen atoms in total. The summed E-state index contributed by atoms with van der Waals surface area (Å²) in [7, 11) is 0. The average molecular weight is 233 g/mol. The molecule has 0 bridgehead atoms. The van der Waals surface area contributed by atoms with Crippen LogP contribution in [0, 0.1) is 5.92 Å². The molecule has 2 rings (SSSR count). The second kappa shape index (κ2) is 5.10. The molecule has 1 N–H and O–H groups in total. The van der Waals surface area contributed by atoms with Crippen molar-refractivity contribution in [3.05, 3.63) is 35.9 Å². The molecule has 1 unspecified atom stereocenters. The molecular formula is C13H15NO3. The molecule has 0 saturated carbocycles. The van der Waals surface area contributed by atoms with Crippen molar-refractivity contribution in [3.8, 4) is 0 Å². The molecule has 17 heavy (non-hydrogen) atoms. The van der Waals surface area contributed by atoms with Crippen molar-refractivity contribution >= 4 is 11.8 Å². The van der Waals surface area contributed by atoms with E-state index < -0.39 is 5.97 Å². The lowest BCUT2D eigenvalue weighted by molar-refractivity contribution is -0.139. The molecule has 1 aromatic rings. The van der Waals surface area contributed by atoms with Gasteiger partial charge >= 0.3 is 5.97 Å². The zero-order chi connectivity index (χ0) is 12.3. The van der Waals surface area contributed by atoms with E-state index in [9.17, 15) is 9.59 Å². The van der Waals surface area contributed by atoms with Gasteiger partial charge in [-0.05, 0) is 5.56 Å². The zero-order valence-electron chi connectivity index (χ0n) is 9.50. The first kappa shape index (κ1) is 11.8. The van der Waals surface area contributed by atoms with E-state index in [4.69, 9.17) is 5.11 Å². The number of ketones is 1. The SMILES string of the molecule is O=C(O)CC1CN(Cc2ccccc2)CC1=O. The number of Topliss-reactive ketones (excluding diaryl/α,β-unsaturated/α-hetero) is 1. The molecule has 0 spiro atoms. The molecular weight excluding hydrogens is 218 g/mol. The molecule has 90 valence electrons. The molecule has 0 amide bonds. The molecule has 0 aromatic heterocycles. The lowest BCUT2D eigenvalue weighted by Gasteiger charge is -2.14. The Morgan fingerprint density at radius 3 is 2.71 bits per heavy atom. The highest BCUT2D eigenvalue weighted by atomic mass is 16.4. The second-order valence-corrected chi connectivity index (χ2v) is 4.42. The Balaban J connectivity index is 1.93. The minimum Gasteiger partial charge on any atom is -0.481 e. The summed E-state index contributed by atoms with van der Waals surface area (Å²) in [6, 6.07) is 9.89. The third-order valence-corrected chi connectivity index (χ3v) is 2.98. The fourth-order valence-corrected chi connectivity index (χ4v) is 2.18. The number of likely N-dealkylation sites (tertiary alicyclic amines) is 1. The van der Waals surface area contributed by atoms with E-state index in [1.165, 1.54) is 0 Å². The maximum absolute atomic E-state index is 11.6. The van der Waals surface area contributed by atoms with Crippen LogP contribution in [-0.4, -0.2) is 34.8 Å². The van der Waals surface area contributed by atoms with Crippen molar-refractivity contribution in [1.82, 2.24) is 4.90 Å². The summed E-state index contributed by atoms with van der Waals surface area (Å²) in [6.07, 6.45) is -0.0515. The van der Waals surface area contributed by atoms with E-state index in [2.05, 4.69) is 0 Å². The minimum absolute atomic E-state index is 0.0448. The first-order chi connectivity index (χ1) is 8.15. The fourth-order valence-electron chi connectivity index (χ4n) is 2.18. The van der Waals surface area contributed by atoms with Crippen LogP contribution < -0.4 is 0 Å². The predicted molar refractivity (Wildman–Crippen MR) is 62.5 cm³/mol. The number of nitrogens with zero attached hydrogens (tertiary/aromatic N) is 1. The molecule has 1 aliphatic rings. The first-order valence-electron chi connectivity index (χ1n) is 5.66. The maximum atomic E-state index is 11.6. The standard InChI is InChI=1S/C13H15NO3/c15-12-9-14(8-11(12)6-13(16)17)7-10-4-2-1-3-5-10/h1-5,11H,6-9H2,(H,16,17). The number of hydrogen-bond donors (Lipinski definition) is 1. The Hall–Kier alpha value is -1.68. The van der Waals surface area contributed by atoms with Crippen LogP contribution in [0.25, 0.3) is 0 Å². The predicted octanol–water partition coefficient (Wildman–Crippen LogP) is 1.16. The first-order valence-corrected chi connectivity index (χ1v) is 5.66. The van der Waals surface area contributed by atoms with Gasteiger partial charge in [0, 0.05) is 19.0 Å². The van der Waals surface area contributed by atoms with Gasteiger partial charge in [-0.15, -0.1) is 0 Å². The van der Waals surface area contributed by atoms with Crippen LogP contribution in [0.4, 0.5) is 0 Å². The number of benzene rings is 1. The molecule has 1 aromatic carbocycles. The lowest BCUT2D eigenvalue weighted by atomic mass is 10.0. The van der Waals surface area contributed by atoms with Crippen molar-refractivity contribution in [2.24, 2.45) is 5.92 Å². The summed E-state index contributed by atoms with van der Waals surface area (Å²) >= 11 is 0. The highest BCUT2D eigenvalue weighted by molar-refractivity contribution is 5.88. The number of rotatable bonds is 4. The molecule has 1 heterocycles. The molecule has 0 radical (unpaired) electrons. The van der Waals surface area contributed by atoms with Gasteiger partial charge in [0.25, 0.3) is 0 Å². The smallest absolute Gasteiger partial charge is 0.304 e. The molecule has 1 saturated heterocycles. The monoisotopic (exact) mass is 233 g/mol. The second-order valence-electron chi connectivity index (χ2n) is 4.42. The van der Waals surface area contributed by atoms with E-state index in [-0.39, 0.29) is 18.1 Å². The Bertz CT molecular complexity index is 416. The lowest BCUT2D eigenvalue weighted by Crippen LogP contribution is -2.20. The number of carboxylic acids is 1. The molecule has 1 aliphatic heterocycles. The third-order valence-electron chi connectivity index (χ3n) is 2.98. The van der Waals surface area contributed by atoms with Crippen LogP contribution in [0.3, 0.4) is 0 Å². The quantitative estimate of drug-likeness (QED) is 0.848. The molecule has 1 atom stereocenters. The van der Waals surface area contributed by atoms with E-state index >= 15 is 0 Å². The number of hydrogen-bond acceptors (Lipinski definition) is 3. The third kappa shape index (κ3) is 3.14. The summed E-state index contributed by atoms with van der Waals surface area (Å²) in [5, 5.41) is 8.70. The van der Waals surface area contributed by atoms with Crippen molar-refractivity contribution < 1.29 is 14.7 Å². The largest absolute Gasteiger partial charge is 0.481 e. The van der Waals surface area contributed by atoms with E-state index in [0.29, 0.717) is 19.6 Å². The topological polar surface area (TPSA) is 57.6 Å². The van der Waals surface area contributed by atoms with Gasteiger partial charge in [0.2, 0.25) is 0 Å². The Labute approximate surface area is 99.9 Å². The Morgan fingerprint density at radius 1 is 1.35 bits per heavy atom. The zero-order valence-corrected chi connectivity index (χ0v) is 9.50. The molecule has 0 aliphatic carbocycles. The van der Waals surface area contributed by atoms with Gasteiger partial charge in [-0.3, -0.25) is 14.5 Å². The van der Waals surface area contributed by atoms with Crippen LogP contribution in [0.1, 0.15) is 12.0 Å². The normalized spacial score (nSPS) is 20.7. The van der Waals surface area contributed by atoms with Crippen molar-refractivity contribution in [2.45, 2.75) is 13.0 Å². The van der Waals surface area contributed by atoms with Crippen LogP contribution in [0.15, 0.2) is 30.3 Å². The van der Waals surface area contributed by atoms with E-state index in [0.717, 1.165) is 5.56 Å². The summed E-state index contributed by atoms with van der Waals surface area (Å²) in [5.41, 5.74) is 1.15. The van der Waals surface area contributed by atoms with Crippen molar-refractivity contribution in [1.29, 1.82) is 0 Å². The van der Waals surface area contributed by atoms with Gasteiger partial charge in [-0.25, -0.2) is 0 Å². The van der Waals surface area contributed by atoms with Gasteiger partial charge in [0.05, 0.1) is 13.0 Å². The average Bonchev–Trinajstić information content (AvgIpc) is 2.59. The number of aliphatic carboxylic acids is 1. The van der Waals surface area contributed by atoms with Gasteiger partial charge in [-0.2, -0.15) is 0 Å². The van der Waals surface area contributed by atoms with E-state index in [1.54, 1.807) is 0 Å². The Kier molecular flexibility index (Phi) is 3.54. The summed E-state index contributed by atoms with van der Waals surface area (Å²) in [5.74, 6) is -1.19. The van der Waals surface area contributed by atoms with E-state index in [1.807, 2.05) is 35.2 Å². The van der Waals surface area contributed by atoms with Gasteiger partial charge in [-0.1, -0.05) is 30.3 Å². The van der Waals surface area contributed by atoms with Crippen LogP contribution in [0.5, 0.6) is 0 Å². The van der Waals surface area contributed by atoms with Gasteiger partial charge in [0.1, 0.15) is 0 Å². The van der Waals surface area contributed by atoms with Crippen LogP contribution >= 0.6 is 0 Å². The van der Waals surface area contributed by atoms with Gasteiger partial charge in [0.15, 0.2) is 5.78 Å². The van der Waals surface area contributed by atoms with Crippen LogP contribution in [0.2, 0.25) is 0 Å². The van der Waals surface area contributed by atoms with Crippen molar-refractivity contribution in [3.63, 3.8) is 0 Å². The molecule has 4 heteroatoms. The number of carbonyl (C=O) groups excluding carboxylic acids is 1. The number of carbonyl (C=O) groups is 2. The van der Waals surface area contributed by atoms with Gasteiger partial charge < -0.3 is 5.11 Å². The molecule has 1 fully saturated rings. The van der Waals surface area contributed by atoms with Crippen LogP contribution in [-0.2, 0) is 16.1 Å². The van der Waals surface area contributed by atoms with Crippen molar-refractivity contribution in [2.75, 3.05) is 13.1 Å². The summed E-state index contributed by atoms with van der Waals surface area (Å²) < 4.78 is 0. The number of carboxylic acid groups (broad SMARTS) is 1. The fraction of sp³-hybridized carbons (Fsp3) is 0.385. The highest BCUT2D eigenvalue weighted by Crippen LogP contribution is 2.18. The Morgan fingerprint density at radius 2 is 2.06 bits per heavy atom. The summed E-state index contributed by atoms with van der Waals surface area (Å²) in [6.45, 7) is 1.63. The minimum atomic E-state index is -0.898. The summed E-state index contributed by atoms with van der Waals surface area (Å²) in [4.78, 5) is 24.2. The highest BCUT2D eigenvalue weighted by Gasteiger charge is 2.31. The maximum Gasteiger partial charge on any atom is 0.304 e.